The lowest BCUT2D eigenvalue weighted by molar-refractivity contribution is -0.120. The van der Waals surface area contributed by atoms with Crippen LogP contribution >= 0.6 is 15.9 Å². The van der Waals surface area contributed by atoms with Crippen molar-refractivity contribution in [2.24, 2.45) is 0 Å². The first-order valence-electron chi connectivity index (χ1n) is 7.35. The number of hydrogen-bond acceptors (Lipinski definition) is 4. The molecular weight excluding hydrogens is 334 g/mol. The molecule has 1 aromatic rings. The molecule has 0 saturated carbocycles. The molecule has 1 heterocycles. The second-order valence-corrected chi connectivity index (χ2v) is 6.10. The summed E-state index contributed by atoms with van der Waals surface area (Å²) in [4.78, 5) is 12.1. The molecule has 2 rings (SSSR count). The molecule has 116 valence electrons. The summed E-state index contributed by atoms with van der Waals surface area (Å²) in [5.74, 6) is 0.963. The maximum Gasteiger partial charge on any atom is 0.139 e. The van der Waals surface area contributed by atoms with Gasteiger partial charge in [0.1, 0.15) is 11.5 Å². The van der Waals surface area contributed by atoms with Crippen molar-refractivity contribution in [2.75, 3.05) is 26.8 Å². The van der Waals surface area contributed by atoms with Crippen LogP contribution in [-0.2, 0) is 16.0 Å². The van der Waals surface area contributed by atoms with Crippen LogP contribution in [0.15, 0.2) is 22.7 Å². The molecule has 1 saturated heterocycles. The lowest BCUT2D eigenvalue weighted by atomic mass is 10.1. The highest BCUT2D eigenvalue weighted by Crippen LogP contribution is 2.23. The summed E-state index contributed by atoms with van der Waals surface area (Å²) in [5.41, 5.74) is 0.959. The predicted molar refractivity (Wildman–Crippen MR) is 85.9 cm³/mol. The number of benzene rings is 1. The lowest BCUT2D eigenvalue weighted by Crippen LogP contribution is -2.32. The molecule has 0 aliphatic carbocycles. The maximum absolute atomic E-state index is 12.1. The molecule has 1 aromatic carbocycles. The van der Waals surface area contributed by atoms with Gasteiger partial charge < -0.3 is 14.8 Å². The van der Waals surface area contributed by atoms with Crippen LogP contribution in [0, 0.1) is 0 Å². The van der Waals surface area contributed by atoms with Gasteiger partial charge in [0.05, 0.1) is 19.8 Å². The number of methoxy groups -OCH3 is 1. The number of rotatable bonds is 7. The number of carbonyl (C=O) groups is 1. The summed E-state index contributed by atoms with van der Waals surface area (Å²) in [6, 6.07) is 5.68. The summed E-state index contributed by atoms with van der Waals surface area (Å²) < 4.78 is 11.9. The van der Waals surface area contributed by atoms with Gasteiger partial charge >= 0.3 is 0 Å². The highest BCUT2D eigenvalue weighted by Gasteiger charge is 2.14. The zero-order chi connectivity index (χ0) is 15.1. The monoisotopic (exact) mass is 355 g/mol. The van der Waals surface area contributed by atoms with E-state index < -0.39 is 0 Å². The maximum atomic E-state index is 12.1. The predicted octanol–water partition coefficient (Wildman–Crippen LogP) is 2.73. The molecule has 0 unspecified atom stereocenters. The molecule has 0 bridgehead atoms. The van der Waals surface area contributed by atoms with Crippen LogP contribution in [0.4, 0.5) is 0 Å². The molecule has 0 radical (unpaired) electrons. The Morgan fingerprint density at radius 3 is 2.86 bits per heavy atom. The van der Waals surface area contributed by atoms with E-state index in [-0.39, 0.29) is 5.78 Å². The van der Waals surface area contributed by atoms with Gasteiger partial charge in [-0.3, -0.25) is 4.79 Å². The van der Waals surface area contributed by atoms with E-state index in [9.17, 15) is 4.79 Å². The Bertz CT molecular complexity index is 473. The highest BCUT2D eigenvalue weighted by molar-refractivity contribution is 9.10. The number of ketones is 1. The first-order chi connectivity index (χ1) is 10.2. The minimum Gasteiger partial charge on any atom is -0.497 e. The van der Waals surface area contributed by atoms with Crippen molar-refractivity contribution in [3.05, 3.63) is 28.2 Å². The molecule has 0 aromatic heterocycles. The van der Waals surface area contributed by atoms with Gasteiger partial charge in [-0.2, -0.15) is 0 Å². The third-order valence-electron chi connectivity index (χ3n) is 3.66. The molecule has 0 amide bonds. The van der Waals surface area contributed by atoms with Crippen LogP contribution in [0.5, 0.6) is 5.75 Å². The second kappa shape index (κ2) is 8.51. The van der Waals surface area contributed by atoms with Crippen molar-refractivity contribution in [2.45, 2.75) is 31.8 Å². The Morgan fingerprint density at radius 1 is 1.38 bits per heavy atom. The van der Waals surface area contributed by atoms with E-state index >= 15 is 0 Å². The zero-order valence-corrected chi connectivity index (χ0v) is 13.9. The summed E-state index contributed by atoms with van der Waals surface area (Å²) in [7, 11) is 1.63. The third kappa shape index (κ3) is 5.41. The number of halogens is 1. The highest BCUT2D eigenvalue weighted by atomic mass is 79.9. The Morgan fingerprint density at radius 2 is 2.14 bits per heavy atom. The van der Waals surface area contributed by atoms with Crippen LogP contribution in [0.2, 0.25) is 0 Å². The number of hydrogen-bond donors (Lipinski definition) is 1. The van der Waals surface area contributed by atoms with E-state index in [4.69, 9.17) is 9.47 Å². The number of carbonyl (C=O) groups excluding carboxylic acids is 1. The molecule has 1 aliphatic rings. The van der Waals surface area contributed by atoms with E-state index in [0.29, 0.717) is 25.6 Å². The van der Waals surface area contributed by atoms with Gasteiger partial charge in [0.15, 0.2) is 0 Å². The minimum absolute atomic E-state index is 0.192. The summed E-state index contributed by atoms with van der Waals surface area (Å²) in [6.07, 6.45) is 3.26. The largest absolute Gasteiger partial charge is 0.497 e. The van der Waals surface area contributed by atoms with Crippen molar-refractivity contribution < 1.29 is 14.3 Å². The number of nitrogens with one attached hydrogen (secondary N) is 1. The fourth-order valence-corrected chi connectivity index (χ4v) is 2.80. The molecular formula is C16H22BrNO3. The number of ether oxygens (including phenoxy) is 2. The summed E-state index contributed by atoms with van der Waals surface area (Å²) >= 11 is 3.47. The molecule has 1 N–H and O–H groups in total. The van der Waals surface area contributed by atoms with Gasteiger partial charge in [-0.15, -0.1) is 0 Å². The molecule has 1 fully saturated rings. The molecule has 0 atom stereocenters. The van der Waals surface area contributed by atoms with Crippen molar-refractivity contribution in [1.82, 2.24) is 5.32 Å². The fourth-order valence-electron chi connectivity index (χ4n) is 2.42. The lowest BCUT2D eigenvalue weighted by Gasteiger charge is -2.22. The second-order valence-electron chi connectivity index (χ2n) is 5.24. The van der Waals surface area contributed by atoms with Gasteiger partial charge in [-0.05, 0) is 49.7 Å². The van der Waals surface area contributed by atoms with E-state index in [1.54, 1.807) is 7.11 Å². The first-order valence-corrected chi connectivity index (χ1v) is 8.15. The van der Waals surface area contributed by atoms with Crippen LogP contribution in [-0.4, -0.2) is 38.7 Å². The van der Waals surface area contributed by atoms with Crippen molar-refractivity contribution >= 4 is 21.7 Å². The Hall–Kier alpha value is -0.910. The van der Waals surface area contributed by atoms with Gasteiger partial charge in [0.2, 0.25) is 0 Å². The van der Waals surface area contributed by atoms with Crippen LogP contribution < -0.4 is 10.1 Å². The fraction of sp³-hybridized carbons (Fsp3) is 0.562. The van der Waals surface area contributed by atoms with Crippen LogP contribution in [0.25, 0.3) is 0 Å². The smallest absolute Gasteiger partial charge is 0.139 e. The van der Waals surface area contributed by atoms with Crippen molar-refractivity contribution in [3.63, 3.8) is 0 Å². The number of piperidine rings is 1. The number of Topliss-reactive ketones (excluding diaryl/α,β-unsaturated/α-hetero) is 1. The molecule has 4 nitrogen and oxygen atoms in total. The van der Waals surface area contributed by atoms with Gasteiger partial charge in [-0.1, -0.05) is 15.9 Å². The van der Waals surface area contributed by atoms with Crippen LogP contribution in [0.1, 0.15) is 24.8 Å². The van der Waals surface area contributed by atoms with Gasteiger partial charge in [0, 0.05) is 17.3 Å². The Balaban J connectivity index is 1.76. The van der Waals surface area contributed by atoms with E-state index in [1.807, 2.05) is 18.2 Å². The van der Waals surface area contributed by atoms with E-state index in [0.717, 1.165) is 41.7 Å². The topological polar surface area (TPSA) is 47.6 Å². The summed E-state index contributed by atoms with van der Waals surface area (Å²) in [6.45, 7) is 2.54. The Labute approximate surface area is 134 Å². The standard InChI is InChI=1S/C16H22BrNO3/c1-20-15-2-3-16(17)12(11-15)10-13(19)6-9-21-14-4-7-18-8-5-14/h2-3,11,14,18H,4-10H2,1H3. The average Bonchev–Trinajstić information content (AvgIpc) is 2.50. The summed E-state index contributed by atoms with van der Waals surface area (Å²) in [5, 5.41) is 3.30. The molecule has 1 aliphatic heterocycles. The third-order valence-corrected chi connectivity index (χ3v) is 4.43. The quantitative estimate of drug-likeness (QED) is 0.816. The SMILES string of the molecule is COc1ccc(Br)c(CC(=O)CCOC2CCNCC2)c1. The van der Waals surface area contributed by atoms with E-state index in [2.05, 4.69) is 21.2 Å². The molecule has 21 heavy (non-hydrogen) atoms. The minimum atomic E-state index is 0.192. The Kier molecular flexibility index (Phi) is 6.67. The van der Waals surface area contributed by atoms with Crippen molar-refractivity contribution in [1.29, 1.82) is 0 Å². The normalized spacial score (nSPS) is 15.9. The van der Waals surface area contributed by atoms with Gasteiger partial charge in [-0.25, -0.2) is 0 Å². The molecule has 5 heteroatoms. The first kappa shape index (κ1) is 16.5. The van der Waals surface area contributed by atoms with Crippen LogP contribution in [0.3, 0.4) is 0 Å². The van der Waals surface area contributed by atoms with Crippen molar-refractivity contribution in [3.8, 4) is 5.75 Å². The zero-order valence-electron chi connectivity index (χ0n) is 12.4. The van der Waals surface area contributed by atoms with Gasteiger partial charge in [0.25, 0.3) is 0 Å². The average molecular weight is 356 g/mol. The van der Waals surface area contributed by atoms with E-state index in [1.165, 1.54) is 0 Å². The molecule has 0 spiro atoms.